The number of hydrogen-bond acceptors (Lipinski definition) is 4. The van der Waals surface area contributed by atoms with Crippen molar-refractivity contribution in [3.8, 4) is 0 Å². The van der Waals surface area contributed by atoms with Crippen molar-refractivity contribution < 1.29 is 8.42 Å². The topological polar surface area (TPSA) is 46.2 Å². The third-order valence-corrected chi connectivity index (χ3v) is 6.56. The molecule has 0 radical (unpaired) electrons. The lowest BCUT2D eigenvalue weighted by molar-refractivity contribution is 0.597. The molecule has 0 aromatic heterocycles. The lowest BCUT2D eigenvalue weighted by Gasteiger charge is -2.17. The SMILES string of the molecule is CCS(=O)(=O)c1ccccc1NC1CCC(SC)C1. The molecule has 2 atom stereocenters. The van der Waals surface area contributed by atoms with Crippen LogP contribution in [-0.2, 0) is 9.84 Å². The molecule has 0 amide bonds. The van der Waals surface area contributed by atoms with Crippen LogP contribution in [0.15, 0.2) is 29.2 Å². The van der Waals surface area contributed by atoms with Gasteiger partial charge in [0.1, 0.15) is 0 Å². The predicted octanol–water partition coefficient (Wildman–Crippen LogP) is 3.18. The van der Waals surface area contributed by atoms with Crippen molar-refractivity contribution in [2.45, 2.75) is 42.4 Å². The molecule has 0 spiro atoms. The van der Waals surface area contributed by atoms with Crippen LogP contribution < -0.4 is 5.32 Å². The van der Waals surface area contributed by atoms with E-state index in [2.05, 4.69) is 11.6 Å². The summed E-state index contributed by atoms with van der Waals surface area (Å²) in [6.45, 7) is 1.69. The molecule has 2 unspecified atom stereocenters. The normalized spacial score (nSPS) is 23.5. The quantitative estimate of drug-likeness (QED) is 0.907. The van der Waals surface area contributed by atoms with E-state index in [4.69, 9.17) is 0 Å². The number of sulfone groups is 1. The van der Waals surface area contributed by atoms with Crippen molar-refractivity contribution in [1.82, 2.24) is 0 Å². The smallest absolute Gasteiger partial charge is 0.180 e. The van der Waals surface area contributed by atoms with Crippen molar-refractivity contribution in [2.75, 3.05) is 17.3 Å². The van der Waals surface area contributed by atoms with Gasteiger partial charge in [-0.25, -0.2) is 8.42 Å². The molecule has 19 heavy (non-hydrogen) atoms. The van der Waals surface area contributed by atoms with E-state index in [1.807, 2.05) is 23.9 Å². The summed E-state index contributed by atoms with van der Waals surface area (Å²) < 4.78 is 24.1. The fourth-order valence-electron chi connectivity index (χ4n) is 2.52. The van der Waals surface area contributed by atoms with Gasteiger partial charge in [-0.05, 0) is 37.7 Å². The maximum atomic E-state index is 12.1. The predicted molar refractivity (Wildman–Crippen MR) is 82.7 cm³/mol. The number of rotatable bonds is 5. The molecule has 3 nitrogen and oxygen atoms in total. The summed E-state index contributed by atoms with van der Waals surface area (Å²) in [5.41, 5.74) is 0.760. The van der Waals surface area contributed by atoms with Gasteiger partial charge < -0.3 is 5.32 Å². The lowest BCUT2D eigenvalue weighted by Crippen LogP contribution is -2.18. The molecule has 106 valence electrons. The van der Waals surface area contributed by atoms with Crippen LogP contribution >= 0.6 is 11.8 Å². The van der Waals surface area contributed by atoms with Gasteiger partial charge >= 0.3 is 0 Å². The van der Waals surface area contributed by atoms with Gasteiger partial charge in [0.25, 0.3) is 0 Å². The van der Waals surface area contributed by atoms with Crippen molar-refractivity contribution in [1.29, 1.82) is 0 Å². The van der Waals surface area contributed by atoms with E-state index >= 15 is 0 Å². The minimum absolute atomic E-state index is 0.143. The molecule has 0 aliphatic heterocycles. The standard InChI is InChI=1S/C14H21NO2S2/c1-3-19(16,17)14-7-5-4-6-13(14)15-11-8-9-12(10-11)18-2/h4-7,11-12,15H,3,8-10H2,1-2H3. The minimum atomic E-state index is -3.16. The van der Waals surface area contributed by atoms with Crippen LogP contribution in [0.3, 0.4) is 0 Å². The molecule has 5 heteroatoms. The fourth-order valence-corrected chi connectivity index (χ4v) is 4.37. The van der Waals surface area contributed by atoms with Gasteiger partial charge in [-0.1, -0.05) is 19.1 Å². The van der Waals surface area contributed by atoms with Gasteiger partial charge in [0.15, 0.2) is 9.84 Å². The molecule has 1 N–H and O–H groups in total. The lowest BCUT2D eigenvalue weighted by atomic mass is 10.2. The van der Waals surface area contributed by atoms with Crippen molar-refractivity contribution in [3.63, 3.8) is 0 Å². The monoisotopic (exact) mass is 299 g/mol. The molecule has 1 fully saturated rings. The number of nitrogens with one attached hydrogen (secondary N) is 1. The molecule has 1 aromatic carbocycles. The summed E-state index contributed by atoms with van der Waals surface area (Å²) in [4.78, 5) is 0.435. The van der Waals surface area contributed by atoms with E-state index in [0.717, 1.165) is 18.5 Å². The van der Waals surface area contributed by atoms with Crippen LogP contribution in [0.5, 0.6) is 0 Å². The summed E-state index contributed by atoms with van der Waals surface area (Å²) in [7, 11) is -3.16. The van der Waals surface area contributed by atoms with E-state index in [1.54, 1.807) is 19.1 Å². The van der Waals surface area contributed by atoms with Gasteiger partial charge in [-0.3, -0.25) is 0 Å². The van der Waals surface area contributed by atoms with Crippen molar-refractivity contribution in [3.05, 3.63) is 24.3 Å². The average molecular weight is 299 g/mol. The van der Waals surface area contributed by atoms with E-state index in [0.29, 0.717) is 16.2 Å². The zero-order valence-electron chi connectivity index (χ0n) is 11.4. The Hall–Kier alpha value is -0.680. The number of benzene rings is 1. The second kappa shape index (κ2) is 6.18. The molecular weight excluding hydrogens is 278 g/mol. The summed E-state index contributed by atoms with van der Waals surface area (Å²) in [6.07, 6.45) is 5.58. The fraction of sp³-hybridized carbons (Fsp3) is 0.571. The Labute approximate surface area is 120 Å². The van der Waals surface area contributed by atoms with Crippen LogP contribution in [0, 0.1) is 0 Å². The molecule has 0 heterocycles. The van der Waals surface area contributed by atoms with Crippen LogP contribution in [0.25, 0.3) is 0 Å². The number of thioether (sulfide) groups is 1. The first kappa shape index (κ1) is 14.7. The molecular formula is C14H21NO2S2. The molecule has 1 aliphatic carbocycles. The summed E-state index contributed by atoms with van der Waals surface area (Å²) in [5, 5.41) is 4.12. The summed E-state index contributed by atoms with van der Waals surface area (Å²) >= 11 is 1.90. The van der Waals surface area contributed by atoms with Crippen molar-refractivity contribution >= 4 is 27.3 Å². The van der Waals surface area contributed by atoms with Gasteiger partial charge in [0.05, 0.1) is 16.3 Å². The van der Waals surface area contributed by atoms with Gasteiger partial charge in [0, 0.05) is 11.3 Å². The molecule has 0 saturated heterocycles. The first-order valence-corrected chi connectivity index (χ1v) is 9.62. The second-order valence-corrected chi connectivity index (χ2v) is 8.30. The third-order valence-electron chi connectivity index (χ3n) is 3.68. The zero-order valence-corrected chi connectivity index (χ0v) is 13.1. The highest BCUT2D eigenvalue weighted by molar-refractivity contribution is 7.99. The van der Waals surface area contributed by atoms with Crippen LogP contribution in [0.1, 0.15) is 26.2 Å². The molecule has 1 aliphatic rings. The van der Waals surface area contributed by atoms with Gasteiger partial charge in [-0.2, -0.15) is 11.8 Å². The van der Waals surface area contributed by atoms with Crippen molar-refractivity contribution in [2.24, 2.45) is 0 Å². The highest BCUT2D eigenvalue weighted by Crippen LogP contribution is 2.32. The Balaban J connectivity index is 2.18. The Kier molecular flexibility index (Phi) is 4.79. The average Bonchev–Trinajstić information content (AvgIpc) is 2.87. The van der Waals surface area contributed by atoms with Crippen LogP contribution in [-0.4, -0.2) is 31.7 Å². The second-order valence-electron chi connectivity index (χ2n) is 4.91. The Morgan fingerprint density at radius 2 is 2.05 bits per heavy atom. The van der Waals surface area contributed by atoms with E-state index in [-0.39, 0.29) is 5.75 Å². The van der Waals surface area contributed by atoms with Gasteiger partial charge in [-0.15, -0.1) is 0 Å². The van der Waals surface area contributed by atoms with Crippen LogP contribution in [0.4, 0.5) is 5.69 Å². The highest BCUT2D eigenvalue weighted by Gasteiger charge is 2.25. The minimum Gasteiger partial charge on any atom is -0.381 e. The summed E-state index contributed by atoms with van der Waals surface area (Å²) in [5.74, 6) is 0.143. The number of hydrogen-bond donors (Lipinski definition) is 1. The van der Waals surface area contributed by atoms with E-state index in [1.165, 1.54) is 6.42 Å². The maximum absolute atomic E-state index is 12.1. The number of para-hydroxylation sites is 1. The largest absolute Gasteiger partial charge is 0.381 e. The Bertz CT molecular complexity index is 528. The zero-order chi connectivity index (χ0) is 13.9. The maximum Gasteiger partial charge on any atom is 0.180 e. The first-order chi connectivity index (χ1) is 9.06. The molecule has 0 bridgehead atoms. The molecule has 1 aromatic rings. The third kappa shape index (κ3) is 3.45. The van der Waals surface area contributed by atoms with E-state index in [9.17, 15) is 8.42 Å². The Morgan fingerprint density at radius 1 is 1.32 bits per heavy atom. The summed E-state index contributed by atoms with van der Waals surface area (Å²) in [6, 6.07) is 7.63. The van der Waals surface area contributed by atoms with Gasteiger partial charge in [0.2, 0.25) is 0 Å². The Morgan fingerprint density at radius 3 is 2.68 bits per heavy atom. The van der Waals surface area contributed by atoms with E-state index < -0.39 is 9.84 Å². The number of anilines is 1. The molecule has 1 saturated carbocycles. The molecule has 2 rings (SSSR count). The first-order valence-electron chi connectivity index (χ1n) is 6.68. The van der Waals surface area contributed by atoms with Crippen LogP contribution in [0.2, 0.25) is 0 Å². The highest BCUT2D eigenvalue weighted by atomic mass is 32.2.